The van der Waals surface area contributed by atoms with Crippen LogP contribution in [0.5, 0.6) is 11.5 Å². The average molecular weight is 535 g/mol. The second kappa shape index (κ2) is 12.6. The van der Waals surface area contributed by atoms with Gasteiger partial charge in [0, 0.05) is 22.3 Å². The van der Waals surface area contributed by atoms with Crippen molar-refractivity contribution in [1.82, 2.24) is 0 Å². The molecule has 0 heterocycles. The normalized spacial score (nSPS) is 11.2. The van der Waals surface area contributed by atoms with E-state index < -0.39 is 0 Å². The number of hydrogen-bond acceptors (Lipinski definition) is 3. The molecule has 4 aromatic carbocycles. The molecule has 0 saturated heterocycles. The first-order valence-corrected chi connectivity index (χ1v) is 14.6. The molecule has 4 rings (SSSR count). The van der Waals surface area contributed by atoms with Crippen LogP contribution in [0.3, 0.4) is 0 Å². The van der Waals surface area contributed by atoms with Crippen LogP contribution in [0.15, 0.2) is 60.7 Å². The number of phenols is 2. The fourth-order valence-corrected chi connectivity index (χ4v) is 5.57. The van der Waals surface area contributed by atoms with Crippen molar-refractivity contribution in [2.24, 2.45) is 0 Å². The van der Waals surface area contributed by atoms with Crippen molar-refractivity contribution in [3.05, 3.63) is 105 Å². The van der Waals surface area contributed by atoms with E-state index in [1.165, 1.54) is 0 Å². The zero-order chi connectivity index (χ0) is 29.0. The second-order valence-corrected chi connectivity index (χ2v) is 11.0. The van der Waals surface area contributed by atoms with E-state index in [2.05, 4.69) is 13.8 Å². The first kappa shape index (κ1) is 29.1. The van der Waals surface area contributed by atoms with E-state index in [1.807, 2.05) is 88.4 Å². The maximum absolute atomic E-state index is 14.5. The van der Waals surface area contributed by atoms with Crippen molar-refractivity contribution in [3.8, 4) is 33.8 Å². The number of aromatic hydroxyl groups is 2. The first-order chi connectivity index (χ1) is 19.2. The molecule has 3 heteroatoms. The summed E-state index contributed by atoms with van der Waals surface area (Å²) in [7, 11) is 0. The Labute approximate surface area is 239 Å². The summed E-state index contributed by atoms with van der Waals surface area (Å²) < 4.78 is 0. The van der Waals surface area contributed by atoms with Crippen LogP contribution in [0.4, 0.5) is 0 Å². The van der Waals surface area contributed by atoms with Crippen molar-refractivity contribution >= 4 is 5.78 Å². The number of carbonyl (C=O) groups is 1. The maximum atomic E-state index is 14.5. The highest BCUT2D eigenvalue weighted by atomic mass is 16.3. The molecule has 0 aliphatic carbocycles. The fraction of sp³-hybridized carbons (Fsp3) is 0.324. The number of benzene rings is 4. The van der Waals surface area contributed by atoms with E-state index >= 15 is 0 Å². The average Bonchev–Trinajstić information content (AvgIpc) is 2.95. The van der Waals surface area contributed by atoms with Gasteiger partial charge in [0.25, 0.3) is 0 Å². The third kappa shape index (κ3) is 5.56. The third-order valence-corrected chi connectivity index (χ3v) is 8.34. The van der Waals surface area contributed by atoms with Crippen LogP contribution >= 0.6 is 0 Å². The number of ketones is 1. The van der Waals surface area contributed by atoms with E-state index in [4.69, 9.17) is 0 Å². The summed E-state index contributed by atoms with van der Waals surface area (Å²) >= 11 is 0. The Morgan fingerprint density at radius 2 is 1.00 bits per heavy atom. The summed E-state index contributed by atoms with van der Waals surface area (Å²) in [6.07, 6.45) is 5.64. The number of rotatable bonds is 10. The Balaban J connectivity index is 1.94. The van der Waals surface area contributed by atoms with Crippen molar-refractivity contribution in [3.63, 3.8) is 0 Å². The molecule has 4 aromatic rings. The summed E-state index contributed by atoms with van der Waals surface area (Å²) in [5.74, 6) is 0.383. The summed E-state index contributed by atoms with van der Waals surface area (Å²) in [6, 6.07) is 19.4. The lowest BCUT2D eigenvalue weighted by Crippen LogP contribution is -2.09. The van der Waals surface area contributed by atoms with Gasteiger partial charge in [-0.05, 0) is 97.9 Å². The highest BCUT2D eigenvalue weighted by Crippen LogP contribution is 2.42. The topological polar surface area (TPSA) is 57.5 Å². The largest absolute Gasteiger partial charge is 0.507 e. The number of carbonyl (C=O) groups excluding carboxylic acids is 1. The van der Waals surface area contributed by atoms with Gasteiger partial charge in [0.2, 0.25) is 0 Å². The van der Waals surface area contributed by atoms with Crippen LogP contribution in [0.2, 0.25) is 0 Å². The zero-order valence-corrected chi connectivity index (χ0v) is 24.8. The minimum absolute atomic E-state index is 0.118. The monoisotopic (exact) mass is 534 g/mol. The number of hydrogen-bond donors (Lipinski definition) is 2. The molecule has 0 aromatic heterocycles. The van der Waals surface area contributed by atoms with Gasteiger partial charge in [-0.3, -0.25) is 4.79 Å². The van der Waals surface area contributed by atoms with E-state index in [9.17, 15) is 15.0 Å². The molecule has 0 fully saturated rings. The first-order valence-electron chi connectivity index (χ1n) is 14.6. The zero-order valence-electron chi connectivity index (χ0n) is 24.8. The lowest BCUT2D eigenvalue weighted by Gasteiger charge is -2.20. The van der Waals surface area contributed by atoms with Gasteiger partial charge >= 0.3 is 0 Å². The highest BCUT2D eigenvalue weighted by Gasteiger charge is 2.25. The fourth-order valence-electron chi connectivity index (χ4n) is 5.57. The van der Waals surface area contributed by atoms with Gasteiger partial charge in [-0.2, -0.15) is 0 Å². The highest BCUT2D eigenvalue weighted by molar-refractivity contribution is 6.17. The van der Waals surface area contributed by atoms with E-state index in [0.29, 0.717) is 22.3 Å². The maximum Gasteiger partial charge on any atom is 0.194 e. The van der Waals surface area contributed by atoms with E-state index in [1.54, 1.807) is 0 Å². The summed E-state index contributed by atoms with van der Waals surface area (Å²) in [5, 5.41) is 22.7. The van der Waals surface area contributed by atoms with Gasteiger partial charge < -0.3 is 10.2 Å². The van der Waals surface area contributed by atoms with Crippen molar-refractivity contribution in [2.45, 2.75) is 80.1 Å². The quantitative estimate of drug-likeness (QED) is 0.199. The number of para-hydroxylation sites is 2. The lowest BCUT2D eigenvalue weighted by atomic mass is 9.83. The molecule has 3 nitrogen and oxygen atoms in total. The van der Waals surface area contributed by atoms with Crippen molar-refractivity contribution in [1.29, 1.82) is 0 Å². The van der Waals surface area contributed by atoms with Crippen LogP contribution in [0.1, 0.15) is 88.8 Å². The van der Waals surface area contributed by atoms with Crippen LogP contribution in [0, 0.1) is 27.7 Å². The Hall–Kier alpha value is -3.85. The molecule has 0 amide bonds. The smallest absolute Gasteiger partial charge is 0.194 e. The molecular weight excluding hydrogens is 492 g/mol. The van der Waals surface area contributed by atoms with Crippen LogP contribution in [-0.4, -0.2) is 16.0 Å². The van der Waals surface area contributed by atoms with Gasteiger partial charge in [-0.15, -0.1) is 0 Å². The molecule has 0 bridgehead atoms. The lowest BCUT2D eigenvalue weighted by molar-refractivity contribution is 0.104. The molecule has 2 N–H and O–H groups in total. The Kier molecular flexibility index (Phi) is 9.14. The molecule has 0 atom stereocenters. The Morgan fingerprint density at radius 3 is 1.38 bits per heavy atom. The summed E-state index contributed by atoms with van der Waals surface area (Å²) in [6.45, 7) is 12.4. The van der Waals surface area contributed by atoms with E-state index in [-0.39, 0.29) is 17.3 Å². The Bertz CT molecular complexity index is 1430. The van der Waals surface area contributed by atoms with Crippen LogP contribution in [0.25, 0.3) is 22.3 Å². The molecule has 0 saturated carbocycles. The van der Waals surface area contributed by atoms with Gasteiger partial charge in [-0.1, -0.05) is 87.4 Å². The van der Waals surface area contributed by atoms with Crippen LogP contribution in [-0.2, 0) is 12.8 Å². The predicted octanol–water partition coefficient (Wildman–Crippen LogP) is 9.58. The SMILES string of the molecule is CCCCc1cccc(-c2c(C(=O)c3ccc(C)c(C)c3-c3cccc(CCCC)c3O)ccc(C)c2C)c1O. The third-order valence-electron chi connectivity index (χ3n) is 8.34. The molecule has 0 aliphatic heterocycles. The van der Waals surface area contributed by atoms with Crippen LogP contribution < -0.4 is 0 Å². The number of aryl methyl sites for hydroxylation is 4. The standard InChI is InChI=1S/C37H42O3/c1-7-9-13-27-15-11-17-29(35(27)38)33-25(5)23(3)19-21-31(33)37(40)32-22-20-24(4)26(6)34(32)30-18-12-16-28(36(30)39)14-10-8-2/h11-12,15-22,38-39H,7-10,13-14H2,1-6H3. The molecule has 0 aliphatic rings. The molecule has 208 valence electrons. The van der Waals surface area contributed by atoms with Gasteiger partial charge in [-0.25, -0.2) is 0 Å². The summed E-state index contributed by atoms with van der Waals surface area (Å²) in [4.78, 5) is 14.5. The number of phenolic OH excluding ortho intramolecular Hbond substituents is 2. The molecular formula is C37H42O3. The minimum atomic E-state index is -0.118. The van der Waals surface area contributed by atoms with E-state index in [0.717, 1.165) is 83.0 Å². The Morgan fingerprint density at radius 1 is 0.600 bits per heavy atom. The molecule has 40 heavy (non-hydrogen) atoms. The van der Waals surface area contributed by atoms with Gasteiger partial charge in [0.1, 0.15) is 11.5 Å². The summed E-state index contributed by atoms with van der Waals surface area (Å²) in [5.41, 5.74) is 9.90. The molecule has 0 spiro atoms. The molecule has 0 radical (unpaired) electrons. The predicted molar refractivity (Wildman–Crippen MR) is 167 cm³/mol. The van der Waals surface area contributed by atoms with Crippen molar-refractivity contribution in [2.75, 3.05) is 0 Å². The van der Waals surface area contributed by atoms with Crippen molar-refractivity contribution < 1.29 is 15.0 Å². The number of unbranched alkanes of at least 4 members (excludes halogenated alkanes) is 2. The second-order valence-electron chi connectivity index (χ2n) is 11.0. The van der Waals surface area contributed by atoms with Gasteiger partial charge in [0.05, 0.1) is 0 Å². The molecule has 0 unspecified atom stereocenters. The minimum Gasteiger partial charge on any atom is -0.507 e. The van der Waals surface area contributed by atoms with Gasteiger partial charge in [0.15, 0.2) is 5.78 Å².